The van der Waals surface area contributed by atoms with E-state index in [-0.39, 0.29) is 59.7 Å². The van der Waals surface area contributed by atoms with Gasteiger partial charge >= 0.3 is 6.18 Å². The first-order valence-electron chi connectivity index (χ1n) is 18.8. The number of carbonyl (C=O) groups is 4. The fraction of sp³-hybridized carbons (Fsp3) is 0.425. The van der Waals surface area contributed by atoms with Crippen LogP contribution in [-0.2, 0) is 31.8 Å². The minimum Gasteiger partial charge on any atom is -0.490 e. The number of aryl methyl sites for hydroxylation is 1. The quantitative estimate of drug-likeness (QED) is 0.171. The van der Waals surface area contributed by atoms with Crippen molar-refractivity contribution in [1.82, 2.24) is 15.2 Å². The normalized spacial score (nSPS) is 23.3. The molecule has 4 fully saturated rings. The van der Waals surface area contributed by atoms with Gasteiger partial charge in [-0.25, -0.2) is 4.98 Å². The summed E-state index contributed by atoms with van der Waals surface area (Å²) in [4.78, 5) is 59.2. The fourth-order valence-corrected chi connectivity index (χ4v) is 8.80. The van der Waals surface area contributed by atoms with Crippen LogP contribution in [0.5, 0.6) is 5.75 Å². The summed E-state index contributed by atoms with van der Waals surface area (Å²) in [6.07, 6.45) is 0.654. The van der Waals surface area contributed by atoms with Crippen molar-refractivity contribution in [2.45, 2.75) is 102 Å². The molecule has 1 aromatic heterocycles. The minimum absolute atomic E-state index is 0.0232. The molecule has 57 heavy (non-hydrogen) atoms. The average Bonchev–Trinajstić information content (AvgIpc) is 3.48. The number of pyridine rings is 1. The largest absolute Gasteiger partial charge is 0.490 e. The van der Waals surface area contributed by atoms with Crippen molar-refractivity contribution in [2.75, 3.05) is 27.0 Å². The molecule has 0 saturated carbocycles. The maximum Gasteiger partial charge on any atom is 0.419 e. The van der Waals surface area contributed by atoms with E-state index in [0.29, 0.717) is 35.7 Å². The summed E-state index contributed by atoms with van der Waals surface area (Å²) in [7, 11) is 0. The fourth-order valence-electron chi connectivity index (χ4n) is 8.28. The van der Waals surface area contributed by atoms with Crippen LogP contribution in [0.1, 0.15) is 76.1 Å². The number of nitrogens with one attached hydrogen (secondary N) is 3. The van der Waals surface area contributed by atoms with Crippen LogP contribution in [0.2, 0.25) is 0 Å². The zero-order valence-corrected chi connectivity index (χ0v) is 32.3. The van der Waals surface area contributed by atoms with Crippen LogP contribution in [-0.4, -0.2) is 74.9 Å². The molecule has 3 aromatic rings. The summed E-state index contributed by atoms with van der Waals surface area (Å²) in [5.41, 5.74) is -0.815. The van der Waals surface area contributed by atoms with E-state index in [2.05, 4.69) is 25.8 Å². The van der Waals surface area contributed by atoms with Gasteiger partial charge in [-0.05, 0) is 113 Å². The zero-order valence-electron chi connectivity index (χ0n) is 31.5. The van der Waals surface area contributed by atoms with Gasteiger partial charge in [0.2, 0.25) is 17.7 Å². The molecule has 3 N–H and O–H groups in total. The highest BCUT2D eigenvalue weighted by Gasteiger charge is 2.51. The van der Waals surface area contributed by atoms with Crippen molar-refractivity contribution >= 4 is 63.7 Å². The number of carbonyl (C=O) groups excluding carboxylic acids is 4. The smallest absolute Gasteiger partial charge is 0.419 e. The molecule has 0 aliphatic carbocycles. The summed E-state index contributed by atoms with van der Waals surface area (Å²) >= 11 is 5.71. The predicted octanol–water partition coefficient (Wildman–Crippen LogP) is 5.68. The summed E-state index contributed by atoms with van der Waals surface area (Å²) in [6.45, 7) is 5.48. The predicted molar refractivity (Wildman–Crippen MR) is 208 cm³/mol. The Hall–Kier alpha value is -5.60. The van der Waals surface area contributed by atoms with Gasteiger partial charge in [0.1, 0.15) is 29.5 Å². The maximum absolute atomic E-state index is 13.8. The van der Waals surface area contributed by atoms with Gasteiger partial charge in [0.05, 0.1) is 24.0 Å². The summed E-state index contributed by atoms with van der Waals surface area (Å²) in [6, 6.07) is 14.6. The first-order valence-corrected chi connectivity index (χ1v) is 19.2. The maximum atomic E-state index is 13.8. The number of benzene rings is 2. The Morgan fingerprint density at radius 1 is 1.05 bits per heavy atom. The van der Waals surface area contributed by atoms with Crippen LogP contribution in [0.4, 0.5) is 35.9 Å². The lowest BCUT2D eigenvalue weighted by Gasteiger charge is -2.38. The lowest BCUT2D eigenvalue weighted by molar-refractivity contribution is -0.138. The average molecular weight is 803 g/mol. The molecule has 0 spiro atoms. The molecule has 13 nitrogen and oxygen atoms in total. The van der Waals surface area contributed by atoms with Gasteiger partial charge in [0, 0.05) is 35.6 Å². The van der Waals surface area contributed by atoms with Crippen LogP contribution in [0.3, 0.4) is 0 Å². The van der Waals surface area contributed by atoms with Crippen molar-refractivity contribution < 1.29 is 37.1 Å². The molecular weight excluding hydrogens is 762 g/mol. The van der Waals surface area contributed by atoms with Crippen LogP contribution >= 0.6 is 12.2 Å². The molecule has 4 aliphatic heterocycles. The third-order valence-corrected chi connectivity index (χ3v) is 11.4. The van der Waals surface area contributed by atoms with E-state index in [0.717, 1.165) is 48.4 Å². The first-order chi connectivity index (χ1) is 27.1. The lowest BCUT2D eigenvalue weighted by atomic mass is 9.99. The highest BCUT2D eigenvalue weighted by Crippen LogP contribution is 2.42. The number of piperidine rings is 2. The Morgan fingerprint density at radius 2 is 1.77 bits per heavy atom. The van der Waals surface area contributed by atoms with Gasteiger partial charge in [0.25, 0.3) is 5.91 Å². The number of amides is 4. The second-order valence-corrected chi connectivity index (χ2v) is 15.6. The van der Waals surface area contributed by atoms with Crippen molar-refractivity contribution in [3.63, 3.8) is 0 Å². The number of nitriles is 1. The third-order valence-electron chi connectivity index (χ3n) is 11.1. The second kappa shape index (κ2) is 15.4. The third kappa shape index (κ3) is 7.88. The molecule has 2 bridgehead atoms. The Kier molecular flexibility index (Phi) is 10.7. The molecule has 4 saturated heterocycles. The summed E-state index contributed by atoms with van der Waals surface area (Å²) in [5, 5.41) is 17.6. The summed E-state index contributed by atoms with van der Waals surface area (Å²) < 4.78 is 47.9. The molecule has 298 valence electrons. The lowest BCUT2D eigenvalue weighted by Crippen LogP contribution is -2.49. The van der Waals surface area contributed by atoms with Gasteiger partial charge in [0.15, 0.2) is 10.8 Å². The monoisotopic (exact) mass is 802 g/mol. The standard InChI is InChI=1S/C40H41F3N8O5S/c1-4-22-14-27(51-38(57)50(37(55)39(51,2)3)28-18-30(40(41,42)43)32(19-44)45-20-28)10-12-33(22)56-29-16-25-8-9-26(17-29)49(25)21-35(53)47-24-7-5-6-23(15-24)46-31-11-13-34(52)48-36(31)54/h5-7,10,12,14-15,18,20,25-26,29,31,46H,4,8-9,11,13,16-17,21H2,1-3H3,(H,47,53)(H,48,52,54)/t25-,26+,29+,31?. The summed E-state index contributed by atoms with van der Waals surface area (Å²) in [5.74, 6) is -0.674. The Bertz CT molecular complexity index is 2180. The van der Waals surface area contributed by atoms with Crippen LogP contribution in [0.15, 0.2) is 54.7 Å². The number of hydrogen-bond donors (Lipinski definition) is 3. The van der Waals surface area contributed by atoms with Crippen LogP contribution in [0, 0.1) is 11.3 Å². The topological polar surface area (TPSA) is 160 Å². The minimum atomic E-state index is -4.86. The molecule has 7 rings (SSSR count). The van der Waals surface area contributed by atoms with E-state index in [9.17, 15) is 37.6 Å². The van der Waals surface area contributed by atoms with Gasteiger partial charge in [-0.15, -0.1) is 0 Å². The number of anilines is 4. The van der Waals surface area contributed by atoms with E-state index in [1.807, 2.05) is 19.1 Å². The number of ether oxygens (including phenoxy) is 1. The van der Waals surface area contributed by atoms with Gasteiger partial charge in [-0.3, -0.25) is 34.3 Å². The number of hydrogen-bond acceptors (Lipinski definition) is 10. The molecular formula is C40H41F3N8O5S. The zero-order chi connectivity index (χ0) is 40.8. The molecule has 1 unspecified atom stereocenters. The number of thiocarbonyl (C=S) groups is 1. The molecule has 2 aromatic carbocycles. The molecule has 0 radical (unpaired) electrons. The van der Waals surface area contributed by atoms with E-state index >= 15 is 0 Å². The van der Waals surface area contributed by atoms with Crippen LogP contribution < -0.4 is 30.5 Å². The van der Waals surface area contributed by atoms with Gasteiger partial charge in [-0.2, -0.15) is 18.4 Å². The van der Waals surface area contributed by atoms with Crippen LogP contribution in [0.25, 0.3) is 0 Å². The Morgan fingerprint density at radius 3 is 2.44 bits per heavy atom. The second-order valence-electron chi connectivity index (χ2n) is 15.2. The molecule has 5 heterocycles. The number of halogens is 3. The van der Waals surface area contributed by atoms with E-state index < -0.39 is 34.9 Å². The number of aromatic nitrogens is 1. The Balaban J connectivity index is 0.992. The molecule has 4 amide bonds. The van der Waals surface area contributed by atoms with Crippen molar-refractivity contribution in [1.29, 1.82) is 5.26 Å². The SMILES string of the molecule is CCc1cc(N2C(=S)N(c3cnc(C#N)c(C(F)(F)F)c3)C(=O)C2(C)C)ccc1O[C@H]1C[C@H]2CC[C@@H](C1)N2CC(=O)Nc1cccc(NC2CCC(=O)NC2=O)c1. The van der Waals surface area contributed by atoms with E-state index in [4.69, 9.17) is 17.0 Å². The van der Waals surface area contributed by atoms with Gasteiger partial charge in [-0.1, -0.05) is 13.0 Å². The highest BCUT2D eigenvalue weighted by molar-refractivity contribution is 7.81. The molecule has 4 aliphatic rings. The van der Waals surface area contributed by atoms with Crippen molar-refractivity contribution in [2.24, 2.45) is 0 Å². The van der Waals surface area contributed by atoms with Crippen molar-refractivity contribution in [3.05, 3.63) is 71.5 Å². The number of imide groups is 1. The Labute approximate surface area is 332 Å². The highest BCUT2D eigenvalue weighted by atomic mass is 32.1. The van der Waals surface area contributed by atoms with Gasteiger partial charge < -0.3 is 20.3 Å². The molecule has 17 heteroatoms. The molecule has 4 atom stereocenters. The number of rotatable bonds is 10. The number of nitrogens with zero attached hydrogens (tertiary/aromatic N) is 5. The first kappa shape index (κ1) is 39.6. The number of fused-ring (bicyclic) bond motifs is 2. The number of alkyl halides is 3. The van der Waals surface area contributed by atoms with Crippen molar-refractivity contribution in [3.8, 4) is 11.8 Å². The van der Waals surface area contributed by atoms with E-state index in [1.165, 1.54) is 6.07 Å². The van der Waals surface area contributed by atoms with E-state index in [1.54, 1.807) is 49.1 Å².